The highest BCUT2D eigenvalue weighted by Gasteiger charge is 2.28. The highest BCUT2D eigenvalue weighted by molar-refractivity contribution is 9.10. The monoisotopic (exact) mass is 561 g/mol. The second kappa shape index (κ2) is 8.79. The van der Waals surface area contributed by atoms with E-state index in [1.807, 2.05) is 0 Å². The molecule has 0 fully saturated rings. The summed E-state index contributed by atoms with van der Waals surface area (Å²) in [5.74, 6) is -0.955. The minimum atomic E-state index is -0.670. The average Bonchev–Trinajstić information content (AvgIpc) is 3.50. The number of ether oxygens (including phenoxy) is 2. The standard InChI is InChI=1S/C23H10BrCl2NO5S/c24-12-3-6-16(31-23(29)17-2-1-7-30-17)11(8-12)9-15-22(28)32-21(27-15)20-19(26)14-5-4-13(25)10-18(14)33-20/h1-10H/b15-9+. The summed E-state index contributed by atoms with van der Waals surface area (Å²) in [5.41, 5.74) is 0.473. The van der Waals surface area contributed by atoms with Gasteiger partial charge in [-0.25, -0.2) is 14.6 Å². The lowest BCUT2D eigenvalue weighted by Crippen LogP contribution is -2.08. The third-order valence-electron chi connectivity index (χ3n) is 4.60. The first-order valence-corrected chi connectivity index (χ1v) is 11.7. The summed E-state index contributed by atoms with van der Waals surface area (Å²) >= 11 is 17.3. The van der Waals surface area contributed by atoms with E-state index in [0.29, 0.717) is 25.0 Å². The van der Waals surface area contributed by atoms with Gasteiger partial charge in [0.2, 0.25) is 11.7 Å². The first-order chi connectivity index (χ1) is 15.9. The van der Waals surface area contributed by atoms with Crippen LogP contribution in [-0.4, -0.2) is 17.8 Å². The largest absolute Gasteiger partial charge is 0.457 e. The first-order valence-electron chi connectivity index (χ1n) is 9.35. The summed E-state index contributed by atoms with van der Waals surface area (Å²) in [5, 5.41) is 1.79. The molecule has 3 heterocycles. The number of benzene rings is 2. The van der Waals surface area contributed by atoms with Gasteiger partial charge in [-0.3, -0.25) is 0 Å². The van der Waals surface area contributed by atoms with E-state index in [0.717, 1.165) is 10.1 Å². The molecule has 0 atom stereocenters. The van der Waals surface area contributed by atoms with Gasteiger partial charge in [-0.2, -0.15) is 0 Å². The normalized spacial score (nSPS) is 14.6. The third kappa shape index (κ3) is 4.35. The Hall–Kier alpha value is -2.91. The van der Waals surface area contributed by atoms with Gasteiger partial charge in [0.25, 0.3) is 0 Å². The van der Waals surface area contributed by atoms with Crippen molar-refractivity contribution in [3.8, 4) is 5.75 Å². The van der Waals surface area contributed by atoms with E-state index in [1.54, 1.807) is 42.5 Å². The van der Waals surface area contributed by atoms with Crippen LogP contribution in [0.3, 0.4) is 0 Å². The van der Waals surface area contributed by atoms with Crippen LogP contribution in [0.2, 0.25) is 10.0 Å². The molecule has 1 aliphatic rings. The van der Waals surface area contributed by atoms with Gasteiger partial charge in [0.15, 0.2) is 5.70 Å². The number of fused-ring (bicyclic) bond motifs is 1. The number of esters is 2. The van der Waals surface area contributed by atoms with Crippen LogP contribution in [0.5, 0.6) is 5.75 Å². The Bertz CT molecular complexity index is 1490. The molecule has 10 heteroatoms. The van der Waals surface area contributed by atoms with E-state index >= 15 is 0 Å². The zero-order valence-corrected chi connectivity index (χ0v) is 20.2. The van der Waals surface area contributed by atoms with Crippen molar-refractivity contribution >= 4 is 84.5 Å². The fraction of sp³-hybridized carbons (Fsp3) is 0. The van der Waals surface area contributed by atoms with Crippen LogP contribution in [0.25, 0.3) is 16.2 Å². The first kappa shape index (κ1) is 21.9. The van der Waals surface area contributed by atoms with E-state index in [1.165, 1.54) is 29.7 Å². The number of carbonyl (C=O) groups excluding carboxylic acids is 2. The summed E-state index contributed by atoms with van der Waals surface area (Å²) in [7, 11) is 0. The lowest BCUT2D eigenvalue weighted by Gasteiger charge is -2.07. The van der Waals surface area contributed by atoms with E-state index in [4.69, 9.17) is 37.1 Å². The molecule has 1 aliphatic heterocycles. The summed E-state index contributed by atoms with van der Waals surface area (Å²) in [6.07, 6.45) is 2.85. The van der Waals surface area contributed by atoms with Gasteiger partial charge >= 0.3 is 11.9 Å². The lowest BCUT2D eigenvalue weighted by molar-refractivity contribution is -0.129. The zero-order valence-electron chi connectivity index (χ0n) is 16.3. The molecule has 2 aromatic heterocycles. The number of nitrogens with zero attached hydrogens (tertiary/aromatic N) is 1. The Labute approximate surface area is 209 Å². The number of furan rings is 1. The summed E-state index contributed by atoms with van der Waals surface area (Å²) in [6, 6.07) is 13.4. The molecule has 0 aliphatic carbocycles. The number of thiophene rings is 1. The molecule has 0 spiro atoms. The van der Waals surface area contributed by atoms with Crippen LogP contribution in [0.1, 0.15) is 21.0 Å². The Morgan fingerprint density at radius 3 is 2.79 bits per heavy atom. The molecule has 164 valence electrons. The van der Waals surface area contributed by atoms with Crippen LogP contribution in [0, 0.1) is 0 Å². The van der Waals surface area contributed by atoms with Crippen molar-refractivity contribution in [3.63, 3.8) is 0 Å². The van der Waals surface area contributed by atoms with Crippen molar-refractivity contribution in [2.75, 3.05) is 0 Å². The minimum Gasteiger partial charge on any atom is -0.457 e. The van der Waals surface area contributed by atoms with E-state index in [2.05, 4.69) is 20.9 Å². The van der Waals surface area contributed by atoms with Gasteiger partial charge < -0.3 is 13.9 Å². The average molecular weight is 563 g/mol. The molecular formula is C23H10BrCl2NO5S. The van der Waals surface area contributed by atoms with E-state index < -0.39 is 11.9 Å². The molecule has 0 amide bonds. The number of carbonyl (C=O) groups is 2. The van der Waals surface area contributed by atoms with Crippen molar-refractivity contribution in [1.82, 2.24) is 0 Å². The van der Waals surface area contributed by atoms with Crippen molar-refractivity contribution in [3.05, 3.63) is 91.2 Å². The van der Waals surface area contributed by atoms with Crippen LogP contribution in [0.15, 0.2) is 74.4 Å². The molecule has 0 N–H and O–H groups in total. The fourth-order valence-electron chi connectivity index (χ4n) is 3.10. The molecule has 0 radical (unpaired) electrons. The number of hydrogen-bond acceptors (Lipinski definition) is 7. The summed E-state index contributed by atoms with van der Waals surface area (Å²) in [4.78, 5) is 29.7. The van der Waals surface area contributed by atoms with Crippen molar-refractivity contribution in [1.29, 1.82) is 0 Å². The highest BCUT2D eigenvalue weighted by atomic mass is 79.9. The number of hydrogen-bond donors (Lipinski definition) is 0. The van der Waals surface area contributed by atoms with Crippen molar-refractivity contribution in [2.45, 2.75) is 0 Å². The predicted molar refractivity (Wildman–Crippen MR) is 130 cm³/mol. The van der Waals surface area contributed by atoms with Crippen LogP contribution in [0.4, 0.5) is 0 Å². The minimum absolute atomic E-state index is 0.0324. The van der Waals surface area contributed by atoms with Gasteiger partial charge in [-0.15, -0.1) is 11.3 Å². The van der Waals surface area contributed by atoms with E-state index in [9.17, 15) is 9.59 Å². The molecule has 5 rings (SSSR count). The Morgan fingerprint density at radius 1 is 1.15 bits per heavy atom. The summed E-state index contributed by atoms with van der Waals surface area (Å²) in [6.45, 7) is 0. The number of aliphatic imine (C=N–C) groups is 1. The van der Waals surface area contributed by atoms with Crippen molar-refractivity contribution in [2.24, 2.45) is 4.99 Å². The molecule has 2 aromatic carbocycles. The van der Waals surface area contributed by atoms with Gasteiger partial charge in [0.05, 0.1) is 11.3 Å². The van der Waals surface area contributed by atoms with Gasteiger partial charge in [0.1, 0.15) is 10.6 Å². The van der Waals surface area contributed by atoms with Gasteiger partial charge in [-0.1, -0.05) is 45.2 Å². The molecule has 4 aromatic rings. The third-order valence-corrected chi connectivity index (χ3v) is 6.97. The molecular weight excluding hydrogens is 553 g/mol. The number of halogens is 3. The number of rotatable bonds is 4. The molecule has 0 saturated carbocycles. The summed E-state index contributed by atoms with van der Waals surface area (Å²) < 4.78 is 17.5. The van der Waals surface area contributed by atoms with Crippen molar-refractivity contribution < 1.29 is 23.5 Å². The van der Waals surface area contributed by atoms with Gasteiger partial charge in [-0.05, 0) is 48.5 Å². The molecule has 0 unspecified atom stereocenters. The maximum absolute atomic E-state index is 12.5. The number of cyclic esters (lactones) is 1. The Morgan fingerprint density at radius 2 is 2.00 bits per heavy atom. The maximum atomic E-state index is 12.5. The van der Waals surface area contributed by atoms with E-state index in [-0.39, 0.29) is 23.1 Å². The quantitative estimate of drug-likeness (QED) is 0.150. The van der Waals surface area contributed by atoms with Crippen LogP contribution >= 0.6 is 50.5 Å². The Kier molecular flexibility index (Phi) is 5.84. The predicted octanol–water partition coefficient (Wildman–Crippen LogP) is 7.13. The van der Waals surface area contributed by atoms with Crippen LogP contribution in [-0.2, 0) is 9.53 Å². The maximum Gasteiger partial charge on any atom is 0.379 e. The zero-order chi connectivity index (χ0) is 23.1. The Balaban J connectivity index is 1.51. The molecule has 0 bridgehead atoms. The van der Waals surface area contributed by atoms with Crippen LogP contribution < -0.4 is 4.74 Å². The lowest BCUT2D eigenvalue weighted by atomic mass is 10.1. The second-order valence-electron chi connectivity index (χ2n) is 6.77. The second-order valence-corrected chi connectivity index (χ2v) is 9.55. The topological polar surface area (TPSA) is 78.1 Å². The van der Waals surface area contributed by atoms with Gasteiger partial charge in [0, 0.05) is 25.1 Å². The smallest absolute Gasteiger partial charge is 0.379 e. The highest BCUT2D eigenvalue weighted by Crippen LogP contribution is 2.39. The SMILES string of the molecule is O=C1OC(c2sc3cc(Cl)ccc3c2Cl)=N/C1=C/c1cc(Br)ccc1OC(=O)c1ccco1. The molecule has 6 nitrogen and oxygen atoms in total. The molecule has 0 saturated heterocycles. The molecule has 33 heavy (non-hydrogen) atoms. The fourth-order valence-corrected chi connectivity index (χ4v) is 5.19.